The molecule has 2 aliphatic rings. The average molecular weight is 196 g/mol. The van der Waals surface area contributed by atoms with Crippen molar-refractivity contribution in [2.24, 2.45) is 29.6 Å². The van der Waals surface area contributed by atoms with Gasteiger partial charge in [-0.1, -0.05) is 13.8 Å². The lowest BCUT2D eigenvalue weighted by Gasteiger charge is -2.31. The highest BCUT2D eigenvalue weighted by molar-refractivity contribution is 5.36. The van der Waals surface area contributed by atoms with Crippen LogP contribution in [0.3, 0.4) is 0 Å². The minimum atomic E-state index is 0.569. The zero-order valence-electron chi connectivity index (χ0n) is 9.11. The van der Waals surface area contributed by atoms with E-state index in [9.17, 15) is 4.79 Å². The minimum Gasteiger partial charge on any atom is -0.468 e. The Balaban J connectivity index is 1.84. The zero-order valence-corrected chi connectivity index (χ0v) is 9.11. The molecule has 2 bridgehead atoms. The van der Waals surface area contributed by atoms with Crippen LogP contribution in [0, 0.1) is 29.6 Å². The van der Waals surface area contributed by atoms with Gasteiger partial charge in [0.25, 0.3) is 6.47 Å². The quantitative estimate of drug-likeness (QED) is 0.510. The number of fused-ring (bicyclic) bond motifs is 2. The summed E-state index contributed by atoms with van der Waals surface area (Å²) in [5.74, 6) is 4.49. The minimum absolute atomic E-state index is 0.569. The third-order valence-corrected chi connectivity index (χ3v) is 4.71. The van der Waals surface area contributed by atoms with Gasteiger partial charge in [-0.15, -0.1) is 0 Å². The van der Waals surface area contributed by atoms with E-state index in [1.54, 1.807) is 0 Å². The predicted octanol–water partition coefficient (Wildman–Crippen LogP) is 2.48. The van der Waals surface area contributed by atoms with Crippen LogP contribution < -0.4 is 0 Å². The molecule has 5 unspecified atom stereocenters. The summed E-state index contributed by atoms with van der Waals surface area (Å²) in [4.78, 5) is 10.0. The van der Waals surface area contributed by atoms with Crippen molar-refractivity contribution < 1.29 is 9.53 Å². The molecular formula is C12H20O2. The van der Waals surface area contributed by atoms with Crippen LogP contribution in [-0.4, -0.2) is 13.1 Å². The lowest BCUT2D eigenvalue weighted by Crippen LogP contribution is -2.25. The maximum Gasteiger partial charge on any atom is 0.293 e. The van der Waals surface area contributed by atoms with Gasteiger partial charge in [-0.25, -0.2) is 0 Å². The van der Waals surface area contributed by atoms with Crippen molar-refractivity contribution in [3.05, 3.63) is 0 Å². The van der Waals surface area contributed by atoms with Crippen LogP contribution in [0.1, 0.15) is 33.1 Å². The molecule has 2 nitrogen and oxygen atoms in total. The Hall–Kier alpha value is -0.530. The fraction of sp³-hybridized carbons (Fsp3) is 0.917. The Morgan fingerprint density at radius 2 is 2.07 bits per heavy atom. The number of hydrogen-bond donors (Lipinski definition) is 0. The Morgan fingerprint density at radius 1 is 1.29 bits per heavy atom. The van der Waals surface area contributed by atoms with E-state index in [0.29, 0.717) is 13.1 Å². The van der Waals surface area contributed by atoms with Crippen LogP contribution in [0.2, 0.25) is 0 Å². The summed E-state index contributed by atoms with van der Waals surface area (Å²) in [6.45, 7) is 5.98. The third kappa shape index (κ3) is 1.55. The van der Waals surface area contributed by atoms with Crippen LogP contribution in [-0.2, 0) is 9.53 Å². The molecule has 0 amide bonds. The number of rotatable bonds is 4. The molecule has 0 aliphatic heterocycles. The van der Waals surface area contributed by atoms with E-state index in [1.165, 1.54) is 12.8 Å². The molecule has 0 aromatic heterocycles. The molecule has 0 saturated heterocycles. The van der Waals surface area contributed by atoms with Crippen LogP contribution in [0.15, 0.2) is 0 Å². The van der Waals surface area contributed by atoms with E-state index in [1.807, 2.05) is 0 Å². The summed E-state index contributed by atoms with van der Waals surface area (Å²) in [5.41, 5.74) is 0. The number of carbonyl (C=O) groups is 1. The van der Waals surface area contributed by atoms with Crippen molar-refractivity contribution in [1.29, 1.82) is 0 Å². The first kappa shape index (κ1) is 10.0. The first-order chi connectivity index (χ1) is 6.74. The van der Waals surface area contributed by atoms with Crippen LogP contribution in [0.25, 0.3) is 0 Å². The number of hydrogen-bond acceptors (Lipinski definition) is 2. The zero-order chi connectivity index (χ0) is 10.1. The molecular weight excluding hydrogens is 176 g/mol. The molecule has 0 heterocycles. The largest absolute Gasteiger partial charge is 0.468 e. The van der Waals surface area contributed by atoms with Gasteiger partial charge in [-0.05, 0) is 48.9 Å². The standard InChI is InChI=1S/C12H20O2/c1-8-9(2)12-6-11(8)5-10(12)3-4-14-7-13/h7-12H,3-6H2,1-2H3. The fourth-order valence-electron chi connectivity index (χ4n) is 3.69. The topological polar surface area (TPSA) is 26.3 Å². The SMILES string of the molecule is CC1C2CC(CCOC=O)C(C2)C1C. The van der Waals surface area contributed by atoms with Gasteiger partial charge >= 0.3 is 0 Å². The summed E-state index contributed by atoms with van der Waals surface area (Å²) in [5, 5.41) is 0. The maximum atomic E-state index is 10.0. The van der Waals surface area contributed by atoms with E-state index in [0.717, 1.165) is 36.0 Å². The monoisotopic (exact) mass is 196 g/mol. The summed E-state index contributed by atoms with van der Waals surface area (Å²) in [7, 11) is 0. The Labute approximate surface area is 86.0 Å². The lowest BCUT2D eigenvalue weighted by atomic mass is 9.75. The van der Waals surface area contributed by atoms with E-state index in [2.05, 4.69) is 13.8 Å². The molecule has 14 heavy (non-hydrogen) atoms. The Bertz CT molecular complexity index is 212. The smallest absolute Gasteiger partial charge is 0.293 e. The molecule has 2 saturated carbocycles. The number of ether oxygens (including phenoxy) is 1. The van der Waals surface area contributed by atoms with E-state index >= 15 is 0 Å². The van der Waals surface area contributed by atoms with Crippen molar-refractivity contribution in [2.45, 2.75) is 33.1 Å². The van der Waals surface area contributed by atoms with Crippen molar-refractivity contribution in [1.82, 2.24) is 0 Å². The second-order valence-corrected chi connectivity index (χ2v) is 5.13. The molecule has 2 rings (SSSR count). The normalized spacial score (nSPS) is 45.4. The molecule has 5 atom stereocenters. The second-order valence-electron chi connectivity index (χ2n) is 5.13. The summed E-state index contributed by atoms with van der Waals surface area (Å²) >= 11 is 0. The van der Waals surface area contributed by atoms with E-state index in [-0.39, 0.29) is 0 Å². The van der Waals surface area contributed by atoms with Gasteiger partial charge in [0.1, 0.15) is 0 Å². The third-order valence-electron chi connectivity index (χ3n) is 4.71. The molecule has 80 valence electrons. The highest BCUT2D eigenvalue weighted by Gasteiger charge is 2.48. The lowest BCUT2D eigenvalue weighted by molar-refractivity contribution is -0.129. The molecule has 0 radical (unpaired) electrons. The van der Waals surface area contributed by atoms with Gasteiger partial charge in [0, 0.05) is 0 Å². The first-order valence-corrected chi connectivity index (χ1v) is 5.79. The molecule has 0 N–H and O–H groups in total. The predicted molar refractivity (Wildman–Crippen MR) is 54.7 cm³/mol. The highest BCUT2D eigenvalue weighted by atomic mass is 16.5. The van der Waals surface area contributed by atoms with E-state index < -0.39 is 0 Å². The molecule has 0 spiro atoms. The summed E-state index contributed by atoms with van der Waals surface area (Å²) in [6, 6.07) is 0. The molecule has 0 aromatic rings. The van der Waals surface area contributed by atoms with Crippen LogP contribution in [0.4, 0.5) is 0 Å². The first-order valence-electron chi connectivity index (χ1n) is 5.79. The van der Waals surface area contributed by atoms with Gasteiger partial charge in [0.15, 0.2) is 0 Å². The van der Waals surface area contributed by atoms with Gasteiger partial charge in [0.2, 0.25) is 0 Å². The van der Waals surface area contributed by atoms with Gasteiger partial charge in [-0.3, -0.25) is 4.79 Å². The second kappa shape index (κ2) is 3.92. The van der Waals surface area contributed by atoms with Gasteiger partial charge < -0.3 is 4.74 Å². The van der Waals surface area contributed by atoms with Crippen LogP contribution >= 0.6 is 0 Å². The molecule has 2 aliphatic carbocycles. The average Bonchev–Trinajstić information content (AvgIpc) is 2.69. The van der Waals surface area contributed by atoms with Crippen molar-refractivity contribution >= 4 is 6.47 Å². The van der Waals surface area contributed by atoms with E-state index in [4.69, 9.17) is 4.74 Å². The fourth-order valence-corrected chi connectivity index (χ4v) is 3.69. The van der Waals surface area contributed by atoms with Gasteiger partial charge in [-0.2, -0.15) is 0 Å². The highest BCUT2D eigenvalue weighted by Crippen LogP contribution is 2.55. The Morgan fingerprint density at radius 3 is 2.64 bits per heavy atom. The number of carbonyl (C=O) groups excluding carboxylic acids is 1. The van der Waals surface area contributed by atoms with Gasteiger partial charge in [0.05, 0.1) is 6.61 Å². The van der Waals surface area contributed by atoms with Crippen molar-refractivity contribution in [3.63, 3.8) is 0 Å². The molecule has 2 heteroatoms. The summed E-state index contributed by atoms with van der Waals surface area (Å²) in [6.07, 6.45) is 3.88. The summed E-state index contributed by atoms with van der Waals surface area (Å²) < 4.78 is 4.78. The van der Waals surface area contributed by atoms with Crippen molar-refractivity contribution in [3.8, 4) is 0 Å². The Kier molecular flexibility index (Phi) is 2.80. The molecule has 2 fully saturated rings. The van der Waals surface area contributed by atoms with Crippen molar-refractivity contribution in [2.75, 3.05) is 6.61 Å². The molecule has 0 aromatic carbocycles. The van der Waals surface area contributed by atoms with Crippen LogP contribution in [0.5, 0.6) is 0 Å². The maximum absolute atomic E-state index is 10.0.